The Morgan fingerprint density at radius 1 is 1.05 bits per heavy atom. The van der Waals surface area contributed by atoms with Gasteiger partial charge in [0.15, 0.2) is 11.5 Å². The first-order valence-electron chi connectivity index (χ1n) is 12.1. The minimum Gasteiger partial charge on any atom is -0.381 e. The number of nitrogens with two attached hydrogens (primary N) is 1. The highest BCUT2D eigenvalue weighted by molar-refractivity contribution is 7.10. The van der Waals surface area contributed by atoms with Gasteiger partial charge in [-0.05, 0) is 42.8 Å². The maximum atomic E-state index is 14.1. The highest BCUT2D eigenvalue weighted by Crippen LogP contribution is 2.23. The van der Waals surface area contributed by atoms with Gasteiger partial charge in [0.25, 0.3) is 11.5 Å². The molecular weight excluding hydrogens is 512 g/mol. The average molecular weight is 535 g/mol. The molecule has 39 heavy (non-hydrogen) atoms. The van der Waals surface area contributed by atoms with Gasteiger partial charge < -0.3 is 11.1 Å². The van der Waals surface area contributed by atoms with Crippen LogP contribution in [0.5, 0.6) is 0 Å². The van der Waals surface area contributed by atoms with E-state index in [-0.39, 0.29) is 16.9 Å². The molecule has 11 heteroatoms. The second-order valence-corrected chi connectivity index (χ2v) is 9.66. The Kier molecular flexibility index (Phi) is 6.17. The van der Waals surface area contributed by atoms with E-state index in [0.29, 0.717) is 28.1 Å². The molecule has 0 bridgehead atoms. The van der Waals surface area contributed by atoms with Gasteiger partial charge in [-0.3, -0.25) is 14.2 Å². The lowest BCUT2D eigenvalue weighted by atomic mass is 10.1. The monoisotopic (exact) mass is 534 g/mol. The van der Waals surface area contributed by atoms with E-state index in [0.717, 1.165) is 10.6 Å². The van der Waals surface area contributed by atoms with Crippen LogP contribution in [0.1, 0.15) is 39.7 Å². The predicted octanol–water partition coefficient (Wildman–Crippen LogP) is 4.13. The fourth-order valence-electron chi connectivity index (χ4n) is 4.46. The van der Waals surface area contributed by atoms with E-state index in [9.17, 15) is 9.59 Å². The van der Waals surface area contributed by atoms with Gasteiger partial charge in [0.05, 0.1) is 22.6 Å². The van der Waals surface area contributed by atoms with Crippen molar-refractivity contribution in [3.05, 3.63) is 111 Å². The summed E-state index contributed by atoms with van der Waals surface area (Å²) in [5.74, 6) is -0.0409. The van der Waals surface area contributed by atoms with E-state index in [1.54, 1.807) is 37.6 Å². The Bertz CT molecular complexity index is 1910. The zero-order chi connectivity index (χ0) is 26.9. The first-order valence-corrected chi connectivity index (χ1v) is 13.0. The lowest BCUT2D eigenvalue weighted by Gasteiger charge is -2.20. The number of aromatic nitrogens is 6. The van der Waals surface area contributed by atoms with Gasteiger partial charge in [0, 0.05) is 24.0 Å². The molecule has 6 rings (SSSR count). The summed E-state index contributed by atoms with van der Waals surface area (Å²) in [6.07, 6.45) is 8.70. The smallest absolute Gasteiger partial charge is 0.266 e. The van der Waals surface area contributed by atoms with Gasteiger partial charge in [-0.2, -0.15) is 0 Å². The molecule has 0 radical (unpaired) electrons. The summed E-state index contributed by atoms with van der Waals surface area (Å²) in [7, 11) is 0. The van der Waals surface area contributed by atoms with Gasteiger partial charge in [0.2, 0.25) is 0 Å². The van der Waals surface area contributed by atoms with Crippen LogP contribution in [0.2, 0.25) is 0 Å². The Balaban J connectivity index is 1.47. The highest BCUT2D eigenvalue weighted by Gasteiger charge is 2.24. The fraction of sp³-hybridized carbons (Fsp3) is 0.0714. The summed E-state index contributed by atoms with van der Waals surface area (Å²) in [5, 5.41) is 10.3. The number of rotatable bonds is 6. The second kappa shape index (κ2) is 9.95. The van der Waals surface area contributed by atoms with Crippen molar-refractivity contribution >= 4 is 51.8 Å². The van der Waals surface area contributed by atoms with Crippen LogP contribution in [0, 0.1) is 0 Å². The van der Waals surface area contributed by atoms with E-state index >= 15 is 0 Å². The molecule has 6 aromatic rings. The van der Waals surface area contributed by atoms with Gasteiger partial charge in [-0.15, -0.1) is 16.4 Å². The first-order chi connectivity index (χ1) is 19.0. The standard InChI is InChI=1S/C28H22N8O2S/c1-17(32-27(37)23-24(29)34-35-15-6-13-31-26(23)35)25-33-20-10-5-7-18(11-12-21-30-14-16-39-21)22(20)28(38)36(25)19-8-3-2-4-9-19/h2-17H,1H3,(H2,29,34)(H,32,37)/b12-11+/t17-/m0/s1. The number of hydrogen-bond donors (Lipinski definition) is 2. The molecule has 0 spiro atoms. The molecule has 0 fully saturated rings. The molecule has 0 aliphatic rings. The third-order valence-electron chi connectivity index (χ3n) is 6.21. The number of para-hydroxylation sites is 1. The summed E-state index contributed by atoms with van der Waals surface area (Å²) in [4.78, 5) is 40.9. The lowest BCUT2D eigenvalue weighted by molar-refractivity contribution is 0.0940. The van der Waals surface area contributed by atoms with Crippen LogP contribution in [0.15, 0.2) is 83.4 Å². The topological polar surface area (TPSA) is 133 Å². The van der Waals surface area contributed by atoms with Crippen molar-refractivity contribution in [2.45, 2.75) is 13.0 Å². The van der Waals surface area contributed by atoms with E-state index in [1.165, 1.54) is 20.4 Å². The number of carbonyl (C=O) groups is 1. The fourth-order valence-corrected chi connectivity index (χ4v) is 4.99. The molecule has 4 heterocycles. The number of nitrogens with one attached hydrogen (secondary N) is 1. The third-order valence-corrected chi connectivity index (χ3v) is 6.95. The number of hydrogen-bond acceptors (Lipinski definition) is 8. The van der Waals surface area contributed by atoms with E-state index < -0.39 is 11.9 Å². The Hall–Kier alpha value is -5.16. The summed E-state index contributed by atoms with van der Waals surface area (Å²) in [6, 6.07) is 15.8. The number of carbonyl (C=O) groups excluding carboxylic acids is 1. The van der Waals surface area contributed by atoms with Crippen LogP contribution in [0.25, 0.3) is 34.4 Å². The number of thiazole rings is 1. The van der Waals surface area contributed by atoms with Gasteiger partial charge in [-0.1, -0.05) is 36.4 Å². The molecule has 0 aliphatic carbocycles. The SMILES string of the molecule is C[C@H](NC(=O)c1c(N)nn2cccnc12)c1nc2cccc(/C=C/c3nccs3)c2c(=O)n1-c1ccccc1. The van der Waals surface area contributed by atoms with Crippen molar-refractivity contribution in [2.75, 3.05) is 5.73 Å². The van der Waals surface area contributed by atoms with E-state index in [2.05, 4.69) is 20.4 Å². The number of anilines is 1. The number of benzene rings is 2. The molecule has 1 amide bonds. The van der Waals surface area contributed by atoms with Crippen molar-refractivity contribution < 1.29 is 4.79 Å². The lowest BCUT2D eigenvalue weighted by Crippen LogP contribution is -2.33. The van der Waals surface area contributed by atoms with Crippen molar-refractivity contribution in [3.63, 3.8) is 0 Å². The first kappa shape index (κ1) is 24.2. The highest BCUT2D eigenvalue weighted by atomic mass is 32.1. The van der Waals surface area contributed by atoms with Crippen molar-refractivity contribution in [1.29, 1.82) is 0 Å². The summed E-state index contributed by atoms with van der Waals surface area (Å²) in [6.45, 7) is 1.77. The number of nitrogens with zero attached hydrogens (tertiary/aromatic N) is 6. The van der Waals surface area contributed by atoms with E-state index in [1.807, 2.05) is 60.0 Å². The van der Waals surface area contributed by atoms with Gasteiger partial charge in [0.1, 0.15) is 16.4 Å². The van der Waals surface area contributed by atoms with Crippen LogP contribution < -0.4 is 16.6 Å². The molecule has 10 nitrogen and oxygen atoms in total. The summed E-state index contributed by atoms with van der Waals surface area (Å²) >= 11 is 1.51. The third kappa shape index (κ3) is 4.44. The van der Waals surface area contributed by atoms with Crippen LogP contribution in [-0.4, -0.2) is 35.0 Å². The zero-order valence-corrected chi connectivity index (χ0v) is 21.5. The van der Waals surface area contributed by atoms with Crippen LogP contribution in [-0.2, 0) is 0 Å². The van der Waals surface area contributed by atoms with E-state index in [4.69, 9.17) is 10.7 Å². The molecule has 4 aromatic heterocycles. The maximum Gasteiger partial charge on any atom is 0.266 e. The average Bonchev–Trinajstić information content (AvgIpc) is 3.59. The van der Waals surface area contributed by atoms with Crippen LogP contribution >= 0.6 is 11.3 Å². The molecular formula is C28H22N8O2S. The summed E-state index contributed by atoms with van der Waals surface area (Å²) in [5.41, 5.74) is 8.16. The normalized spacial score (nSPS) is 12.3. The maximum absolute atomic E-state index is 14.1. The van der Waals surface area contributed by atoms with Gasteiger partial charge in [-0.25, -0.2) is 19.5 Å². The summed E-state index contributed by atoms with van der Waals surface area (Å²) < 4.78 is 2.98. The van der Waals surface area contributed by atoms with Crippen molar-refractivity contribution in [1.82, 2.24) is 34.4 Å². The van der Waals surface area contributed by atoms with Crippen molar-refractivity contribution in [2.24, 2.45) is 0 Å². The zero-order valence-electron chi connectivity index (χ0n) is 20.7. The van der Waals surface area contributed by atoms with Crippen molar-refractivity contribution in [3.8, 4) is 5.69 Å². The molecule has 2 aromatic carbocycles. The van der Waals surface area contributed by atoms with Gasteiger partial charge >= 0.3 is 0 Å². The Morgan fingerprint density at radius 2 is 1.90 bits per heavy atom. The molecule has 1 atom stereocenters. The number of amides is 1. The number of fused-ring (bicyclic) bond motifs is 2. The minimum absolute atomic E-state index is 0.0574. The second-order valence-electron chi connectivity index (χ2n) is 8.73. The minimum atomic E-state index is -0.664. The molecule has 3 N–H and O–H groups in total. The molecule has 0 saturated heterocycles. The largest absolute Gasteiger partial charge is 0.381 e. The number of nitrogen functional groups attached to an aromatic ring is 1. The Morgan fingerprint density at radius 3 is 2.69 bits per heavy atom. The molecule has 0 unspecified atom stereocenters. The molecule has 0 aliphatic heterocycles. The Labute approximate surface area is 226 Å². The molecule has 0 saturated carbocycles. The predicted molar refractivity (Wildman–Crippen MR) is 152 cm³/mol. The quantitative estimate of drug-likeness (QED) is 0.328. The van der Waals surface area contributed by atoms with Crippen LogP contribution in [0.3, 0.4) is 0 Å². The van der Waals surface area contributed by atoms with Crippen LogP contribution in [0.4, 0.5) is 5.82 Å². The molecule has 192 valence electrons.